The summed E-state index contributed by atoms with van der Waals surface area (Å²) in [6, 6.07) is 0. The van der Waals surface area contributed by atoms with Gasteiger partial charge in [0.15, 0.2) is 0 Å². The zero-order valence-corrected chi connectivity index (χ0v) is 5.26. The van der Waals surface area contributed by atoms with Gasteiger partial charge in [-0.2, -0.15) is 10.2 Å². The minimum absolute atomic E-state index is 0.181. The van der Waals surface area contributed by atoms with Crippen molar-refractivity contribution in [2.24, 2.45) is 21.9 Å². The van der Waals surface area contributed by atoms with Gasteiger partial charge in [-0.05, 0) is 0 Å². The lowest BCUT2D eigenvalue weighted by Crippen LogP contribution is -2.29. The fourth-order valence-electron chi connectivity index (χ4n) is 0.613. The third-order valence-corrected chi connectivity index (χ3v) is 1.58. The SMILES string of the molecule is CC(C)C1(CN)N=N1. The minimum atomic E-state index is -0.181. The van der Waals surface area contributed by atoms with Crippen LogP contribution in [0.15, 0.2) is 10.2 Å². The van der Waals surface area contributed by atoms with E-state index in [1.165, 1.54) is 0 Å². The van der Waals surface area contributed by atoms with Crippen LogP contribution in [0.1, 0.15) is 13.8 Å². The van der Waals surface area contributed by atoms with Crippen molar-refractivity contribution in [3.8, 4) is 0 Å². The molecule has 0 spiro atoms. The molecule has 0 unspecified atom stereocenters. The quantitative estimate of drug-likeness (QED) is 0.564. The molecule has 0 aliphatic carbocycles. The lowest BCUT2D eigenvalue weighted by Gasteiger charge is -2.09. The highest BCUT2D eigenvalue weighted by Gasteiger charge is 2.41. The maximum Gasteiger partial charge on any atom is 0.205 e. The molecule has 1 aliphatic rings. The Hall–Kier alpha value is -0.440. The van der Waals surface area contributed by atoms with Crippen LogP contribution in [0.5, 0.6) is 0 Å². The molecule has 0 atom stereocenters. The molecular formula is C5H11N3. The van der Waals surface area contributed by atoms with Gasteiger partial charge in [-0.25, -0.2) is 0 Å². The van der Waals surface area contributed by atoms with Crippen molar-refractivity contribution in [3.05, 3.63) is 0 Å². The van der Waals surface area contributed by atoms with E-state index in [1.807, 2.05) is 0 Å². The van der Waals surface area contributed by atoms with Crippen LogP contribution in [-0.2, 0) is 0 Å². The number of nitrogens with two attached hydrogens (primary N) is 1. The molecule has 0 bridgehead atoms. The van der Waals surface area contributed by atoms with Crippen LogP contribution in [0.4, 0.5) is 0 Å². The van der Waals surface area contributed by atoms with Gasteiger partial charge >= 0.3 is 0 Å². The van der Waals surface area contributed by atoms with Crippen LogP contribution in [0.2, 0.25) is 0 Å². The highest BCUT2D eigenvalue weighted by molar-refractivity contribution is 4.96. The van der Waals surface area contributed by atoms with Crippen molar-refractivity contribution >= 4 is 0 Å². The molecule has 0 aromatic rings. The van der Waals surface area contributed by atoms with Crippen molar-refractivity contribution in [1.29, 1.82) is 0 Å². The molecule has 1 heterocycles. The molecule has 8 heavy (non-hydrogen) atoms. The lowest BCUT2D eigenvalue weighted by atomic mass is 10.0. The third-order valence-electron chi connectivity index (χ3n) is 1.58. The standard InChI is InChI=1S/C5H11N3/c1-4(2)5(3-6)7-8-5/h4H,3,6H2,1-2H3. The van der Waals surface area contributed by atoms with E-state index in [4.69, 9.17) is 5.73 Å². The van der Waals surface area contributed by atoms with Crippen molar-refractivity contribution in [1.82, 2.24) is 0 Å². The number of hydrogen-bond donors (Lipinski definition) is 1. The van der Waals surface area contributed by atoms with E-state index >= 15 is 0 Å². The molecule has 0 fully saturated rings. The Morgan fingerprint density at radius 3 is 2.00 bits per heavy atom. The Kier molecular flexibility index (Phi) is 1.08. The van der Waals surface area contributed by atoms with E-state index < -0.39 is 0 Å². The molecule has 0 aromatic heterocycles. The molecule has 0 amide bonds. The van der Waals surface area contributed by atoms with Crippen molar-refractivity contribution in [2.75, 3.05) is 6.54 Å². The Morgan fingerprint density at radius 2 is 2.00 bits per heavy atom. The molecule has 0 saturated carbocycles. The molecule has 46 valence electrons. The van der Waals surface area contributed by atoms with Gasteiger partial charge in [-0.15, -0.1) is 0 Å². The van der Waals surface area contributed by atoms with Gasteiger partial charge in [0, 0.05) is 12.5 Å². The first kappa shape index (κ1) is 5.69. The number of nitrogens with zero attached hydrogens (tertiary/aromatic N) is 2. The van der Waals surface area contributed by atoms with E-state index in [1.54, 1.807) is 0 Å². The molecule has 0 radical (unpaired) electrons. The van der Waals surface area contributed by atoms with Gasteiger partial charge in [-0.3, -0.25) is 0 Å². The second kappa shape index (κ2) is 1.52. The largest absolute Gasteiger partial charge is 0.326 e. The molecule has 2 N–H and O–H groups in total. The first-order chi connectivity index (χ1) is 3.71. The summed E-state index contributed by atoms with van der Waals surface area (Å²) in [4.78, 5) is 0. The molecular weight excluding hydrogens is 102 g/mol. The molecule has 3 nitrogen and oxygen atoms in total. The minimum Gasteiger partial charge on any atom is -0.326 e. The van der Waals surface area contributed by atoms with Crippen LogP contribution in [0.25, 0.3) is 0 Å². The van der Waals surface area contributed by atoms with Crippen molar-refractivity contribution < 1.29 is 0 Å². The maximum atomic E-state index is 5.38. The zero-order valence-electron chi connectivity index (χ0n) is 5.26. The summed E-state index contributed by atoms with van der Waals surface area (Å²) < 4.78 is 0. The Balaban J connectivity index is 2.43. The first-order valence-corrected chi connectivity index (χ1v) is 2.85. The van der Waals surface area contributed by atoms with Crippen LogP contribution < -0.4 is 5.73 Å². The van der Waals surface area contributed by atoms with Gasteiger partial charge in [0.2, 0.25) is 5.66 Å². The van der Waals surface area contributed by atoms with Crippen LogP contribution in [0.3, 0.4) is 0 Å². The van der Waals surface area contributed by atoms with Gasteiger partial charge in [0.05, 0.1) is 0 Å². The molecule has 3 heteroatoms. The van der Waals surface area contributed by atoms with Crippen LogP contribution >= 0.6 is 0 Å². The summed E-state index contributed by atoms with van der Waals surface area (Å²) in [5.41, 5.74) is 5.20. The maximum absolute atomic E-state index is 5.38. The molecule has 0 aromatic carbocycles. The van der Waals surface area contributed by atoms with Gasteiger partial charge < -0.3 is 5.73 Å². The summed E-state index contributed by atoms with van der Waals surface area (Å²) in [7, 11) is 0. The van der Waals surface area contributed by atoms with Gasteiger partial charge in [-0.1, -0.05) is 13.8 Å². The predicted molar refractivity (Wildman–Crippen MR) is 31.5 cm³/mol. The van der Waals surface area contributed by atoms with Gasteiger partial charge in [0.1, 0.15) is 0 Å². The monoisotopic (exact) mass is 113 g/mol. The summed E-state index contributed by atoms with van der Waals surface area (Å²) in [5.74, 6) is 0.465. The van der Waals surface area contributed by atoms with E-state index in [0.717, 1.165) is 0 Å². The zero-order chi connectivity index (χ0) is 6.20. The predicted octanol–water partition coefficient (Wildman–Crippen LogP) is 0.763. The summed E-state index contributed by atoms with van der Waals surface area (Å²) in [6.07, 6.45) is 0. The van der Waals surface area contributed by atoms with Crippen LogP contribution in [0, 0.1) is 5.92 Å². The Bertz CT molecular complexity index is 111. The molecule has 1 rings (SSSR count). The highest BCUT2D eigenvalue weighted by atomic mass is 15.5. The fourth-order valence-corrected chi connectivity index (χ4v) is 0.613. The van der Waals surface area contributed by atoms with Crippen molar-refractivity contribution in [3.63, 3.8) is 0 Å². The molecule has 0 saturated heterocycles. The van der Waals surface area contributed by atoms with E-state index in [0.29, 0.717) is 12.5 Å². The van der Waals surface area contributed by atoms with Crippen LogP contribution in [-0.4, -0.2) is 12.2 Å². The average Bonchev–Trinajstić information content (AvgIpc) is 2.44. The average molecular weight is 113 g/mol. The second-order valence-corrected chi connectivity index (χ2v) is 2.44. The summed E-state index contributed by atoms with van der Waals surface area (Å²) in [5, 5.41) is 7.70. The van der Waals surface area contributed by atoms with Crippen molar-refractivity contribution in [2.45, 2.75) is 19.5 Å². The second-order valence-electron chi connectivity index (χ2n) is 2.44. The first-order valence-electron chi connectivity index (χ1n) is 2.85. The summed E-state index contributed by atoms with van der Waals surface area (Å²) >= 11 is 0. The summed E-state index contributed by atoms with van der Waals surface area (Å²) in [6.45, 7) is 4.71. The third kappa shape index (κ3) is 0.629. The smallest absolute Gasteiger partial charge is 0.205 e. The number of hydrogen-bond acceptors (Lipinski definition) is 3. The van der Waals surface area contributed by atoms with Gasteiger partial charge in [0.25, 0.3) is 0 Å². The Labute approximate surface area is 49.0 Å². The van der Waals surface area contributed by atoms with E-state index in [9.17, 15) is 0 Å². The topological polar surface area (TPSA) is 50.7 Å². The normalized spacial score (nSPS) is 22.0. The Morgan fingerprint density at radius 1 is 1.50 bits per heavy atom. The number of rotatable bonds is 2. The van der Waals surface area contributed by atoms with E-state index in [2.05, 4.69) is 24.1 Å². The molecule has 1 aliphatic heterocycles. The fraction of sp³-hybridized carbons (Fsp3) is 1.00. The highest BCUT2D eigenvalue weighted by Crippen LogP contribution is 2.34. The lowest BCUT2D eigenvalue weighted by molar-refractivity contribution is 0.443. The van der Waals surface area contributed by atoms with E-state index in [-0.39, 0.29) is 5.66 Å².